The van der Waals surface area contributed by atoms with Gasteiger partial charge in [0.25, 0.3) is 0 Å². The highest BCUT2D eigenvalue weighted by Crippen LogP contribution is 2.28. The molecule has 0 aliphatic carbocycles. The Kier molecular flexibility index (Phi) is 6.89. The molecule has 0 bridgehead atoms. The molecule has 0 aliphatic heterocycles. The van der Waals surface area contributed by atoms with Crippen LogP contribution in [0.4, 0.5) is 5.69 Å². The molecule has 0 unspecified atom stereocenters. The molecule has 6 nitrogen and oxygen atoms in total. The van der Waals surface area contributed by atoms with Gasteiger partial charge in [-0.25, -0.2) is 0 Å². The Morgan fingerprint density at radius 3 is 2.39 bits per heavy atom. The normalized spacial score (nSPS) is 10.9. The van der Waals surface area contributed by atoms with Crippen LogP contribution >= 0.6 is 27.7 Å². The Morgan fingerprint density at radius 1 is 1.03 bits per heavy atom. The van der Waals surface area contributed by atoms with Gasteiger partial charge < -0.3 is 9.32 Å². The third-order valence-corrected chi connectivity index (χ3v) is 6.08. The summed E-state index contributed by atoms with van der Waals surface area (Å²) in [5.41, 5.74) is 2.00. The van der Waals surface area contributed by atoms with Gasteiger partial charge >= 0.3 is 0 Å². The van der Waals surface area contributed by atoms with Crippen LogP contribution in [0.5, 0.6) is 0 Å². The number of carbonyl (C=O) groups is 1. The maximum Gasteiger partial charge on any atom is 0.237 e. The van der Waals surface area contributed by atoms with Crippen LogP contribution in [-0.4, -0.2) is 33.0 Å². The minimum absolute atomic E-state index is 0.0234. The van der Waals surface area contributed by atoms with Gasteiger partial charge in [0.2, 0.25) is 11.7 Å². The van der Waals surface area contributed by atoms with Crippen molar-refractivity contribution >= 4 is 39.3 Å². The number of thioether (sulfide) groups is 1. The van der Waals surface area contributed by atoms with E-state index in [1.807, 2.05) is 72.2 Å². The Labute approximate surface area is 193 Å². The molecule has 2 aromatic carbocycles. The van der Waals surface area contributed by atoms with Crippen LogP contribution in [0.3, 0.4) is 0 Å². The van der Waals surface area contributed by atoms with Crippen molar-refractivity contribution in [3.63, 3.8) is 0 Å². The Bertz CT molecular complexity index is 1140. The summed E-state index contributed by atoms with van der Waals surface area (Å²) in [6.45, 7) is 3.15. The standard InChI is InChI=1S/C23H21BrN4O2S/c1-2-27(18-11-7-4-8-12-18)21(29)16-31-23-26-25-22(19-13-14-20(24)30-19)28(23)15-17-9-5-3-6-10-17/h3-14H,2,15-16H2,1H3. The van der Waals surface area contributed by atoms with Gasteiger partial charge in [-0.15, -0.1) is 10.2 Å². The van der Waals surface area contributed by atoms with Crippen LogP contribution in [0.1, 0.15) is 12.5 Å². The highest BCUT2D eigenvalue weighted by Gasteiger charge is 2.20. The number of nitrogens with zero attached hydrogens (tertiary/aromatic N) is 4. The molecule has 0 saturated carbocycles. The molecule has 2 heterocycles. The SMILES string of the molecule is CCN(C(=O)CSc1nnc(-c2ccc(Br)o2)n1Cc1ccccc1)c1ccccc1. The highest BCUT2D eigenvalue weighted by molar-refractivity contribution is 9.10. The van der Waals surface area contributed by atoms with E-state index < -0.39 is 0 Å². The number of furan rings is 1. The Hall–Kier alpha value is -2.84. The van der Waals surface area contributed by atoms with Crippen molar-refractivity contribution in [2.24, 2.45) is 0 Å². The van der Waals surface area contributed by atoms with Gasteiger partial charge in [-0.1, -0.05) is 60.3 Å². The summed E-state index contributed by atoms with van der Waals surface area (Å²) in [7, 11) is 0. The maximum absolute atomic E-state index is 12.9. The smallest absolute Gasteiger partial charge is 0.237 e. The summed E-state index contributed by atoms with van der Waals surface area (Å²) in [6.07, 6.45) is 0. The Morgan fingerprint density at radius 2 is 1.74 bits per heavy atom. The zero-order valence-corrected chi connectivity index (χ0v) is 19.3. The zero-order valence-electron chi connectivity index (χ0n) is 16.9. The van der Waals surface area contributed by atoms with Crippen LogP contribution in [0.25, 0.3) is 11.6 Å². The van der Waals surface area contributed by atoms with Crippen molar-refractivity contribution in [3.8, 4) is 11.6 Å². The average molecular weight is 497 g/mol. The van der Waals surface area contributed by atoms with Crippen molar-refractivity contribution < 1.29 is 9.21 Å². The van der Waals surface area contributed by atoms with Crippen LogP contribution in [0.2, 0.25) is 0 Å². The summed E-state index contributed by atoms with van der Waals surface area (Å²) in [4.78, 5) is 14.7. The second-order valence-electron chi connectivity index (χ2n) is 6.74. The van der Waals surface area contributed by atoms with Crippen LogP contribution < -0.4 is 4.90 Å². The number of para-hydroxylation sites is 1. The molecule has 2 aromatic heterocycles. The number of aromatic nitrogens is 3. The minimum Gasteiger partial charge on any atom is -0.446 e. The maximum atomic E-state index is 12.9. The molecule has 4 rings (SSSR count). The summed E-state index contributed by atoms with van der Waals surface area (Å²) in [5, 5.41) is 9.38. The number of hydrogen-bond donors (Lipinski definition) is 0. The van der Waals surface area contributed by atoms with E-state index in [1.165, 1.54) is 11.8 Å². The summed E-state index contributed by atoms with van der Waals surface area (Å²) < 4.78 is 8.32. The van der Waals surface area contributed by atoms with Crippen LogP contribution in [0, 0.1) is 0 Å². The third kappa shape index (κ3) is 5.08. The molecule has 158 valence electrons. The summed E-state index contributed by atoms with van der Waals surface area (Å²) in [5.74, 6) is 1.53. The lowest BCUT2D eigenvalue weighted by Crippen LogP contribution is -2.32. The first kappa shape index (κ1) is 21.4. The highest BCUT2D eigenvalue weighted by atomic mass is 79.9. The molecule has 0 N–H and O–H groups in total. The second kappa shape index (κ2) is 9.98. The predicted octanol–water partition coefficient (Wildman–Crippen LogP) is 5.49. The van der Waals surface area contributed by atoms with Crippen molar-refractivity contribution in [1.29, 1.82) is 0 Å². The predicted molar refractivity (Wildman–Crippen MR) is 126 cm³/mol. The van der Waals surface area contributed by atoms with Crippen molar-refractivity contribution in [2.45, 2.75) is 18.6 Å². The van der Waals surface area contributed by atoms with E-state index in [0.717, 1.165) is 11.3 Å². The molecular formula is C23H21BrN4O2S. The lowest BCUT2D eigenvalue weighted by molar-refractivity contribution is -0.116. The molecule has 0 radical (unpaired) electrons. The molecule has 31 heavy (non-hydrogen) atoms. The molecule has 0 atom stereocenters. The first-order chi connectivity index (χ1) is 15.2. The number of halogens is 1. The molecular weight excluding hydrogens is 476 g/mol. The third-order valence-electron chi connectivity index (χ3n) is 4.70. The average Bonchev–Trinajstić information content (AvgIpc) is 3.40. The lowest BCUT2D eigenvalue weighted by Gasteiger charge is -2.20. The van der Waals surface area contributed by atoms with Crippen LogP contribution in [0.15, 0.2) is 87.0 Å². The number of benzene rings is 2. The van der Waals surface area contributed by atoms with Crippen molar-refractivity contribution in [1.82, 2.24) is 14.8 Å². The number of amides is 1. The Balaban J connectivity index is 1.57. The fourth-order valence-corrected chi connectivity index (χ4v) is 4.36. The zero-order chi connectivity index (χ0) is 21.6. The molecule has 0 aliphatic rings. The lowest BCUT2D eigenvalue weighted by atomic mass is 10.2. The van der Waals surface area contributed by atoms with E-state index in [0.29, 0.717) is 34.5 Å². The quantitative estimate of drug-likeness (QED) is 0.301. The molecule has 0 saturated heterocycles. The second-order valence-corrected chi connectivity index (χ2v) is 8.47. The molecule has 0 spiro atoms. The molecule has 0 fully saturated rings. The summed E-state index contributed by atoms with van der Waals surface area (Å²) in [6, 6.07) is 23.4. The first-order valence-corrected chi connectivity index (χ1v) is 11.6. The molecule has 1 amide bonds. The fourth-order valence-electron chi connectivity index (χ4n) is 3.24. The fraction of sp³-hybridized carbons (Fsp3) is 0.174. The molecule has 4 aromatic rings. The van der Waals surface area contributed by atoms with E-state index in [4.69, 9.17) is 4.42 Å². The first-order valence-electron chi connectivity index (χ1n) is 9.86. The summed E-state index contributed by atoms with van der Waals surface area (Å²) >= 11 is 4.72. The van der Waals surface area contributed by atoms with Crippen molar-refractivity contribution in [3.05, 3.63) is 83.0 Å². The van der Waals surface area contributed by atoms with Gasteiger partial charge in [-0.2, -0.15) is 0 Å². The van der Waals surface area contributed by atoms with Crippen LogP contribution in [-0.2, 0) is 11.3 Å². The van der Waals surface area contributed by atoms with Crippen molar-refractivity contribution in [2.75, 3.05) is 17.2 Å². The number of carbonyl (C=O) groups excluding carboxylic acids is 1. The largest absolute Gasteiger partial charge is 0.446 e. The van der Waals surface area contributed by atoms with E-state index in [-0.39, 0.29) is 11.7 Å². The topological polar surface area (TPSA) is 64.2 Å². The minimum atomic E-state index is 0.0234. The monoisotopic (exact) mass is 496 g/mol. The van der Waals surface area contributed by atoms with Gasteiger partial charge in [0.05, 0.1) is 12.3 Å². The van der Waals surface area contributed by atoms with E-state index in [1.54, 1.807) is 4.90 Å². The molecule has 8 heteroatoms. The van der Waals surface area contributed by atoms with E-state index >= 15 is 0 Å². The van der Waals surface area contributed by atoms with Gasteiger partial charge in [0.1, 0.15) is 0 Å². The van der Waals surface area contributed by atoms with E-state index in [9.17, 15) is 4.79 Å². The van der Waals surface area contributed by atoms with E-state index in [2.05, 4.69) is 38.3 Å². The number of rotatable bonds is 8. The van der Waals surface area contributed by atoms with Gasteiger partial charge in [0.15, 0.2) is 15.6 Å². The van der Waals surface area contributed by atoms with Gasteiger partial charge in [0, 0.05) is 12.2 Å². The van der Waals surface area contributed by atoms with Gasteiger partial charge in [-0.05, 0) is 52.7 Å². The van der Waals surface area contributed by atoms with Gasteiger partial charge in [-0.3, -0.25) is 9.36 Å². The number of hydrogen-bond acceptors (Lipinski definition) is 5. The number of anilines is 1.